The zero-order valence-electron chi connectivity index (χ0n) is 18.7. The summed E-state index contributed by atoms with van der Waals surface area (Å²) in [4.78, 5) is 35.5. The summed E-state index contributed by atoms with van der Waals surface area (Å²) >= 11 is 0. The molecule has 7 nitrogen and oxygen atoms in total. The lowest BCUT2D eigenvalue weighted by atomic mass is 9.75. The Balaban J connectivity index is 1.82. The molecule has 0 aromatic heterocycles. The van der Waals surface area contributed by atoms with Crippen molar-refractivity contribution in [2.24, 2.45) is 17.8 Å². The Morgan fingerprint density at radius 3 is 2.32 bits per heavy atom. The van der Waals surface area contributed by atoms with Gasteiger partial charge < -0.3 is 18.9 Å². The largest absolute Gasteiger partial charge is 0.513 e. The van der Waals surface area contributed by atoms with Gasteiger partial charge >= 0.3 is 18.1 Å². The van der Waals surface area contributed by atoms with Crippen LogP contribution in [0.2, 0.25) is 0 Å². The van der Waals surface area contributed by atoms with Crippen molar-refractivity contribution < 1.29 is 33.3 Å². The van der Waals surface area contributed by atoms with E-state index in [1.165, 1.54) is 19.1 Å². The summed E-state index contributed by atoms with van der Waals surface area (Å²) in [5, 5.41) is 0. The minimum Gasteiger partial charge on any atom is -0.459 e. The van der Waals surface area contributed by atoms with E-state index in [-0.39, 0.29) is 36.6 Å². The molecular weight excluding hydrogens is 400 g/mol. The van der Waals surface area contributed by atoms with Crippen molar-refractivity contribution in [2.45, 2.75) is 53.1 Å². The maximum atomic E-state index is 12.6. The Bertz CT molecular complexity index is 782. The molecule has 0 spiro atoms. The van der Waals surface area contributed by atoms with Crippen LogP contribution >= 0.6 is 0 Å². The number of ether oxygens (including phenoxy) is 4. The van der Waals surface area contributed by atoms with Crippen LogP contribution in [0.3, 0.4) is 0 Å². The highest BCUT2D eigenvalue weighted by Crippen LogP contribution is 2.35. The molecule has 0 radical (unpaired) electrons. The molecule has 0 saturated heterocycles. The van der Waals surface area contributed by atoms with Crippen molar-refractivity contribution in [1.29, 1.82) is 0 Å². The Kier molecular flexibility index (Phi) is 9.09. The van der Waals surface area contributed by atoms with Crippen LogP contribution in [0.15, 0.2) is 36.4 Å². The number of benzene rings is 1. The summed E-state index contributed by atoms with van der Waals surface area (Å²) < 4.78 is 20.5. The first kappa shape index (κ1) is 24.4. The third-order valence-electron chi connectivity index (χ3n) is 5.40. The minimum atomic E-state index is -0.933. The first-order valence-corrected chi connectivity index (χ1v) is 10.7. The third kappa shape index (κ3) is 7.74. The van der Waals surface area contributed by atoms with Crippen molar-refractivity contribution in [3.8, 4) is 5.75 Å². The van der Waals surface area contributed by atoms with Gasteiger partial charge in [0.25, 0.3) is 0 Å². The van der Waals surface area contributed by atoms with Gasteiger partial charge in [0.05, 0.1) is 5.56 Å². The molecule has 1 aliphatic carbocycles. The number of carbonyl (C=O) groups is 3. The number of carbonyl (C=O) groups excluding carboxylic acids is 3. The van der Waals surface area contributed by atoms with E-state index in [1.807, 2.05) is 0 Å². The van der Waals surface area contributed by atoms with Gasteiger partial charge in [0, 0.05) is 5.57 Å². The molecule has 1 aliphatic rings. The number of hydrogen-bond acceptors (Lipinski definition) is 7. The molecule has 1 saturated carbocycles. The van der Waals surface area contributed by atoms with Crippen LogP contribution in [0.1, 0.15) is 57.3 Å². The van der Waals surface area contributed by atoms with Gasteiger partial charge in [-0.3, -0.25) is 0 Å². The van der Waals surface area contributed by atoms with E-state index in [0.29, 0.717) is 23.3 Å². The summed E-state index contributed by atoms with van der Waals surface area (Å²) in [7, 11) is 0. The van der Waals surface area contributed by atoms with Crippen molar-refractivity contribution in [3.63, 3.8) is 0 Å². The van der Waals surface area contributed by atoms with Gasteiger partial charge in [-0.15, -0.1) is 0 Å². The second-order valence-corrected chi connectivity index (χ2v) is 8.41. The highest BCUT2D eigenvalue weighted by molar-refractivity contribution is 5.89. The molecule has 3 atom stereocenters. The Labute approximate surface area is 183 Å². The fourth-order valence-electron chi connectivity index (χ4n) is 3.62. The maximum absolute atomic E-state index is 12.6. The van der Waals surface area contributed by atoms with E-state index in [1.54, 1.807) is 12.1 Å². The lowest BCUT2D eigenvalue weighted by molar-refractivity contribution is -0.140. The first-order chi connectivity index (χ1) is 14.7. The predicted octanol–water partition coefficient (Wildman–Crippen LogP) is 4.94. The zero-order chi connectivity index (χ0) is 23.0. The molecule has 0 aliphatic heterocycles. The molecule has 31 heavy (non-hydrogen) atoms. The van der Waals surface area contributed by atoms with Crippen LogP contribution in [0.5, 0.6) is 5.75 Å². The Morgan fingerprint density at radius 1 is 1.06 bits per heavy atom. The minimum absolute atomic E-state index is 0.0823. The lowest BCUT2D eigenvalue weighted by Crippen LogP contribution is -2.35. The van der Waals surface area contributed by atoms with Gasteiger partial charge in [-0.1, -0.05) is 33.8 Å². The molecule has 3 unspecified atom stereocenters. The molecule has 2 rings (SSSR count). The number of rotatable bonds is 8. The predicted molar refractivity (Wildman–Crippen MR) is 115 cm³/mol. The molecule has 0 heterocycles. The first-order valence-electron chi connectivity index (χ1n) is 10.7. The van der Waals surface area contributed by atoms with Gasteiger partial charge in [-0.05, 0) is 61.8 Å². The van der Waals surface area contributed by atoms with Crippen molar-refractivity contribution in [2.75, 3.05) is 13.2 Å². The smallest absolute Gasteiger partial charge is 0.459 e. The standard InChI is InChI=1S/C24H32O7/c1-15(2)20-11-6-17(5)14-21(20)31-23(26)18-7-9-19(10-8-18)30-24(27)29-13-12-28-22(25)16(3)4/h7-10,15,17,20-21H,3,6,11-14H2,1-2,4-5H3. The van der Waals surface area contributed by atoms with E-state index in [0.717, 1.165) is 19.3 Å². The average molecular weight is 433 g/mol. The van der Waals surface area contributed by atoms with Crippen LogP contribution in [-0.2, 0) is 19.0 Å². The van der Waals surface area contributed by atoms with Crippen LogP contribution in [-0.4, -0.2) is 37.4 Å². The molecule has 0 amide bonds. The zero-order valence-corrected chi connectivity index (χ0v) is 18.7. The molecule has 1 aromatic rings. The van der Waals surface area contributed by atoms with Crippen molar-refractivity contribution in [3.05, 3.63) is 42.0 Å². The van der Waals surface area contributed by atoms with Crippen LogP contribution < -0.4 is 4.74 Å². The topological polar surface area (TPSA) is 88.1 Å². The summed E-state index contributed by atoms with van der Waals surface area (Å²) in [5.74, 6) is 0.661. The summed E-state index contributed by atoms with van der Waals surface area (Å²) in [5.41, 5.74) is 0.659. The molecule has 170 valence electrons. The van der Waals surface area contributed by atoms with Gasteiger partial charge in [-0.2, -0.15) is 0 Å². The van der Waals surface area contributed by atoms with Crippen molar-refractivity contribution >= 4 is 18.1 Å². The van der Waals surface area contributed by atoms with Gasteiger partial charge in [-0.25, -0.2) is 14.4 Å². The molecule has 1 aromatic carbocycles. The summed E-state index contributed by atoms with van der Waals surface area (Å²) in [6.45, 7) is 11.3. The summed E-state index contributed by atoms with van der Waals surface area (Å²) in [6, 6.07) is 6.11. The monoisotopic (exact) mass is 432 g/mol. The molecule has 7 heteroatoms. The van der Waals surface area contributed by atoms with E-state index in [4.69, 9.17) is 18.9 Å². The molecule has 0 N–H and O–H groups in total. The van der Waals surface area contributed by atoms with E-state index in [9.17, 15) is 14.4 Å². The second-order valence-electron chi connectivity index (χ2n) is 8.41. The van der Waals surface area contributed by atoms with E-state index >= 15 is 0 Å². The van der Waals surface area contributed by atoms with Crippen LogP contribution in [0, 0.1) is 17.8 Å². The highest BCUT2D eigenvalue weighted by atomic mass is 16.7. The van der Waals surface area contributed by atoms with Crippen LogP contribution in [0.25, 0.3) is 0 Å². The fraction of sp³-hybridized carbons (Fsp3) is 0.542. The highest BCUT2D eigenvalue weighted by Gasteiger charge is 2.33. The molecule has 0 bridgehead atoms. The number of esters is 2. The second kappa shape index (κ2) is 11.5. The normalized spacial score (nSPS) is 20.6. The van der Waals surface area contributed by atoms with E-state index in [2.05, 4.69) is 27.4 Å². The Morgan fingerprint density at radius 2 is 1.71 bits per heavy atom. The van der Waals surface area contributed by atoms with Crippen LogP contribution in [0.4, 0.5) is 4.79 Å². The maximum Gasteiger partial charge on any atom is 0.513 e. The SMILES string of the molecule is C=C(C)C(=O)OCCOC(=O)Oc1ccc(C(=O)OC2CC(C)CCC2C(C)C)cc1. The third-order valence-corrected chi connectivity index (χ3v) is 5.40. The fourth-order valence-corrected chi connectivity index (χ4v) is 3.62. The number of hydrogen-bond donors (Lipinski definition) is 0. The van der Waals surface area contributed by atoms with Gasteiger partial charge in [0.15, 0.2) is 0 Å². The lowest BCUT2D eigenvalue weighted by Gasteiger charge is -2.36. The van der Waals surface area contributed by atoms with Gasteiger partial charge in [0.2, 0.25) is 0 Å². The molecule has 1 fully saturated rings. The average Bonchev–Trinajstić information content (AvgIpc) is 2.71. The molecular formula is C24H32O7. The summed E-state index contributed by atoms with van der Waals surface area (Å²) in [6.07, 6.45) is 2.09. The quantitative estimate of drug-likeness (QED) is 0.189. The van der Waals surface area contributed by atoms with E-state index < -0.39 is 12.1 Å². The Hall–Kier alpha value is -2.83. The van der Waals surface area contributed by atoms with Crippen molar-refractivity contribution in [1.82, 2.24) is 0 Å². The van der Waals surface area contributed by atoms with Gasteiger partial charge in [0.1, 0.15) is 25.1 Å².